The van der Waals surface area contributed by atoms with Crippen LogP contribution in [-0.4, -0.2) is 11.7 Å². The third kappa shape index (κ3) is 4.78. The van der Waals surface area contributed by atoms with Crippen LogP contribution in [0.1, 0.15) is 22.2 Å². The second-order valence-electron chi connectivity index (χ2n) is 5.64. The number of Topliss-reactive ketones (excluding diaryl/α,β-unsaturated/α-hetero) is 1. The fourth-order valence-corrected chi connectivity index (χ4v) is 3.07. The smallest absolute Gasteiger partial charge is 0.229 e. The molecule has 3 rings (SSSR count). The molecule has 0 spiro atoms. The van der Waals surface area contributed by atoms with Crippen molar-refractivity contribution >= 4 is 40.1 Å². The second-order valence-corrected chi connectivity index (χ2v) is 6.67. The van der Waals surface area contributed by atoms with Crippen LogP contribution in [0.25, 0.3) is 0 Å². The predicted octanol–water partition coefficient (Wildman–Crippen LogP) is 4.88. The van der Waals surface area contributed by atoms with Crippen LogP contribution in [0, 0.1) is 0 Å². The van der Waals surface area contributed by atoms with E-state index in [9.17, 15) is 9.59 Å². The lowest BCUT2D eigenvalue weighted by atomic mass is 10.1. The lowest BCUT2D eigenvalue weighted by molar-refractivity contribution is -0.115. The first-order valence-corrected chi connectivity index (χ1v) is 8.78. The summed E-state index contributed by atoms with van der Waals surface area (Å²) < 4.78 is 0. The minimum absolute atomic E-state index is 0.0250. The second kappa shape index (κ2) is 7.77. The number of amides is 1. The topological polar surface area (TPSA) is 58.2 Å². The van der Waals surface area contributed by atoms with Gasteiger partial charge in [0.1, 0.15) is 0 Å². The van der Waals surface area contributed by atoms with E-state index in [-0.39, 0.29) is 11.7 Å². The average Bonchev–Trinajstić information content (AvgIpc) is 3.10. The normalized spacial score (nSPS) is 10.3. The molecule has 5 heteroatoms. The Labute approximate surface area is 150 Å². The van der Waals surface area contributed by atoms with Crippen molar-refractivity contribution in [3.63, 3.8) is 0 Å². The third-order valence-electron chi connectivity index (χ3n) is 3.66. The van der Waals surface area contributed by atoms with Crippen molar-refractivity contribution in [2.24, 2.45) is 0 Å². The van der Waals surface area contributed by atoms with Crippen LogP contribution in [0.4, 0.5) is 17.1 Å². The summed E-state index contributed by atoms with van der Waals surface area (Å²) in [5.41, 5.74) is 3.26. The van der Waals surface area contributed by atoms with Gasteiger partial charge in [0.25, 0.3) is 0 Å². The Balaban J connectivity index is 1.58. The van der Waals surface area contributed by atoms with Gasteiger partial charge in [0, 0.05) is 27.5 Å². The fourth-order valence-electron chi connectivity index (χ4n) is 2.37. The molecule has 4 nitrogen and oxygen atoms in total. The maximum atomic E-state index is 12.0. The molecule has 0 saturated carbocycles. The van der Waals surface area contributed by atoms with Gasteiger partial charge in [0.05, 0.1) is 6.42 Å². The SMILES string of the molecule is CC(=O)c1ccc(Nc2ccc(NC(=O)Cc3cccs3)cc2)cc1. The van der Waals surface area contributed by atoms with E-state index in [1.54, 1.807) is 30.4 Å². The number of anilines is 3. The molecule has 0 unspecified atom stereocenters. The van der Waals surface area contributed by atoms with E-state index in [0.29, 0.717) is 12.0 Å². The maximum Gasteiger partial charge on any atom is 0.229 e. The molecule has 0 radical (unpaired) electrons. The number of benzene rings is 2. The van der Waals surface area contributed by atoms with E-state index in [1.807, 2.05) is 53.9 Å². The zero-order valence-corrected chi connectivity index (χ0v) is 14.6. The molecule has 0 atom stereocenters. The monoisotopic (exact) mass is 350 g/mol. The zero-order chi connectivity index (χ0) is 17.6. The summed E-state index contributed by atoms with van der Waals surface area (Å²) in [6, 6.07) is 18.7. The van der Waals surface area contributed by atoms with Crippen molar-refractivity contribution < 1.29 is 9.59 Å². The summed E-state index contributed by atoms with van der Waals surface area (Å²) in [7, 11) is 0. The number of hydrogen-bond acceptors (Lipinski definition) is 4. The van der Waals surface area contributed by atoms with Crippen LogP contribution >= 0.6 is 11.3 Å². The molecule has 1 amide bonds. The molecule has 2 N–H and O–H groups in total. The molecule has 1 heterocycles. The Kier molecular flexibility index (Phi) is 5.26. The minimum atomic E-state index is -0.0250. The van der Waals surface area contributed by atoms with Gasteiger partial charge in [0.2, 0.25) is 5.91 Å². The van der Waals surface area contributed by atoms with Crippen LogP contribution in [0.15, 0.2) is 66.0 Å². The Hall–Kier alpha value is -2.92. The Morgan fingerprint density at radius 2 is 1.48 bits per heavy atom. The van der Waals surface area contributed by atoms with Gasteiger partial charge in [-0.05, 0) is 66.9 Å². The van der Waals surface area contributed by atoms with Gasteiger partial charge in [-0.25, -0.2) is 0 Å². The van der Waals surface area contributed by atoms with Crippen molar-refractivity contribution in [1.82, 2.24) is 0 Å². The van der Waals surface area contributed by atoms with Gasteiger partial charge in [0.15, 0.2) is 5.78 Å². The lowest BCUT2D eigenvalue weighted by Crippen LogP contribution is -2.13. The number of ketones is 1. The molecule has 3 aromatic rings. The first-order chi connectivity index (χ1) is 12.1. The molecule has 0 saturated heterocycles. The van der Waals surface area contributed by atoms with E-state index in [1.165, 1.54) is 0 Å². The summed E-state index contributed by atoms with van der Waals surface area (Å²) in [5, 5.41) is 8.12. The highest BCUT2D eigenvalue weighted by molar-refractivity contribution is 7.10. The van der Waals surface area contributed by atoms with Crippen LogP contribution in [0.2, 0.25) is 0 Å². The number of nitrogens with one attached hydrogen (secondary N) is 2. The third-order valence-corrected chi connectivity index (χ3v) is 4.54. The molecule has 0 aliphatic heterocycles. The number of rotatable bonds is 6. The highest BCUT2D eigenvalue weighted by atomic mass is 32.1. The van der Waals surface area contributed by atoms with Gasteiger partial charge >= 0.3 is 0 Å². The quantitative estimate of drug-likeness (QED) is 0.623. The van der Waals surface area contributed by atoms with Crippen molar-refractivity contribution in [3.8, 4) is 0 Å². The van der Waals surface area contributed by atoms with Crippen molar-refractivity contribution in [2.45, 2.75) is 13.3 Å². The molecular formula is C20H18N2O2S. The molecule has 2 aromatic carbocycles. The maximum absolute atomic E-state index is 12.0. The van der Waals surface area contributed by atoms with Gasteiger partial charge in [-0.1, -0.05) is 6.07 Å². The summed E-state index contributed by atoms with van der Waals surface area (Å²) >= 11 is 1.58. The molecule has 0 bridgehead atoms. The van der Waals surface area contributed by atoms with E-state index < -0.39 is 0 Å². The zero-order valence-electron chi connectivity index (χ0n) is 13.8. The van der Waals surface area contributed by atoms with Crippen molar-refractivity contribution in [3.05, 3.63) is 76.5 Å². The highest BCUT2D eigenvalue weighted by Gasteiger charge is 2.05. The summed E-state index contributed by atoms with van der Waals surface area (Å²) in [4.78, 5) is 24.3. The molecule has 1 aromatic heterocycles. The van der Waals surface area contributed by atoms with Crippen LogP contribution < -0.4 is 10.6 Å². The van der Waals surface area contributed by atoms with Crippen LogP contribution in [0.5, 0.6) is 0 Å². The molecule has 0 aliphatic rings. The number of hydrogen-bond donors (Lipinski definition) is 2. The van der Waals surface area contributed by atoms with Crippen molar-refractivity contribution in [2.75, 3.05) is 10.6 Å². The molecule has 0 aliphatic carbocycles. The van der Waals surface area contributed by atoms with E-state index in [4.69, 9.17) is 0 Å². The standard InChI is InChI=1S/C20H18N2O2S/c1-14(23)15-4-6-16(7-5-15)21-17-8-10-18(11-9-17)22-20(24)13-19-3-2-12-25-19/h2-12,21H,13H2,1H3,(H,22,24). The minimum Gasteiger partial charge on any atom is -0.356 e. The van der Waals surface area contributed by atoms with Gasteiger partial charge in [-0.2, -0.15) is 0 Å². The number of carbonyl (C=O) groups excluding carboxylic acids is 2. The summed E-state index contributed by atoms with van der Waals surface area (Å²) in [5.74, 6) is 0.0252. The molecule has 25 heavy (non-hydrogen) atoms. The first-order valence-electron chi connectivity index (χ1n) is 7.90. The highest BCUT2D eigenvalue weighted by Crippen LogP contribution is 2.20. The summed E-state index contributed by atoms with van der Waals surface area (Å²) in [6.45, 7) is 1.55. The Morgan fingerprint density at radius 3 is 2.04 bits per heavy atom. The Morgan fingerprint density at radius 1 is 0.880 bits per heavy atom. The van der Waals surface area contributed by atoms with E-state index >= 15 is 0 Å². The average molecular weight is 350 g/mol. The molecule has 126 valence electrons. The lowest BCUT2D eigenvalue weighted by Gasteiger charge is -2.09. The number of thiophene rings is 1. The Bertz CT molecular complexity index is 854. The summed E-state index contributed by atoms with van der Waals surface area (Å²) in [6.07, 6.45) is 0.389. The van der Waals surface area contributed by atoms with Gasteiger partial charge in [-0.15, -0.1) is 11.3 Å². The van der Waals surface area contributed by atoms with E-state index in [0.717, 1.165) is 21.9 Å². The molecular weight excluding hydrogens is 332 g/mol. The van der Waals surface area contributed by atoms with Crippen molar-refractivity contribution in [1.29, 1.82) is 0 Å². The predicted molar refractivity (Wildman–Crippen MR) is 103 cm³/mol. The van der Waals surface area contributed by atoms with E-state index in [2.05, 4.69) is 10.6 Å². The van der Waals surface area contributed by atoms with Crippen LogP contribution in [0.3, 0.4) is 0 Å². The fraction of sp³-hybridized carbons (Fsp3) is 0.100. The largest absolute Gasteiger partial charge is 0.356 e. The van der Waals surface area contributed by atoms with Gasteiger partial charge in [-0.3, -0.25) is 9.59 Å². The molecule has 0 fully saturated rings. The number of carbonyl (C=O) groups is 2. The van der Waals surface area contributed by atoms with Gasteiger partial charge < -0.3 is 10.6 Å². The van der Waals surface area contributed by atoms with Crippen LogP contribution in [-0.2, 0) is 11.2 Å². The first kappa shape index (κ1) is 16.9.